The molecule has 1 amide bonds. The third-order valence-electron chi connectivity index (χ3n) is 3.34. The van der Waals surface area contributed by atoms with Gasteiger partial charge in [0.2, 0.25) is 5.95 Å². The number of hydrogen-bond acceptors (Lipinski definition) is 5. The number of nitrogens with two attached hydrogens (primary N) is 1. The first-order valence-corrected chi connectivity index (χ1v) is 7.62. The lowest BCUT2D eigenvalue weighted by Crippen LogP contribution is -2.38. The van der Waals surface area contributed by atoms with Crippen LogP contribution in [0.25, 0.3) is 0 Å². The van der Waals surface area contributed by atoms with Gasteiger partial charge in [-0.05, 0) is 39.5 Å². The van der Waals surface area contributed by atoms with Crippen molar-refractivity contribution in [2.75, 3.05) is 12.3 Å². The first-order valence-electron chi connectivity index (χ1n) is 7.62. The van der Waals surface area contributed by atoms with Crippen molar-refractivity contribution in [2.45, 2.75) is 51.9 Å². The van der Waals surface area contributed by atoms with Crippen molar-refractivity contribution < 1.29 is 22.7 Å². The predicted molar refractivity (Wildman–Crippen MR) is 80.8 cm³/mol. The molecular formula is C15H21F3N4O2. The predicted octanol–water partition coefficient (Wildman–Crippen LogP) is 3.22. The smallest absolute Gasteiger partial charge is 0.433 e. The Morgan fingerprint density at radius 1 is 1.38 bits per heavy atom. The van der Waals surface area contributed by atoms with Crippen LogP contribution in [0.5, 0.6) is 0 Å². The summed E-state index contributed by atoms with van der Waals surface area (Å²) in [5, 5.41) is 0. The highest BCUT2D eigenvalue weighted by Crippen LogP contribution is 2.33. The second kappa shape index (κ2) is 6.45. The zero-order valence-corrected chi connectivity index (χ0v) is 13.9. The number of ether oxygens (including phenoxy) is 1. The van der Waals surface area contributed by atoms with E-state index < -0.39 is 29.5 Å². The van der Waals surface area contributed by atoms with Crippen LogP contribution in [0.3, 0.4) is 0 Å². The molecule has 9 heteroatoms. The van der Waals surface area contributed by atoms with Crippen molar-refractivity contribution in [1.82, 2.24) is 14.9 Å². The normalized spacial score (nSPS) is 15.2. The van der Waals surface area contributed by atoms with Crippen molar-refractivity contribution in [3.05, 3.63) is 17.5 Å². The minimum Gasteiger partial charge on any atom is -0.444 e. The topological polar surface area (TPSA) is 81.3 Å². The third kappa shape index (κ3) is 5.24. The van der Waals surface area contributed by atoms with Crippen LogP contribution in [-0.4, -0.2) is 33.1 Å². The molecule has 1 aliphatic carbocycles. The number of halogens is 3. The minimum atomic E-state index is -4.68. The van der Waals surface area contributed by atoms with Gasteiger partial charge in [0.1, 0.15) is 5.60 Å². The standard InChI is InChI=1S/C15H21F3N4O2/c1-14(2,3)24-13(23)22(7-9-4-5-9)8-10-6-20-12(19)21-11(10)15(16,17)18/h6,9H,4-5,7-8H2,1-3H3,(H2,19,20,21). The Hall–Kier alpha value is -2.06. The van der Waals surface area contributed by atoms with Gasteiger partial charge in [0.15, 0.2) is 5.69 Å². The lowest BCUT2D eigenvalue weighted by molar-refractivity contribution is -0.142. The average Bonchev–Trinajstić information content (AvgIpc) is 3.20. The Labute approximate surface area is 138 Å². The van der Waals surface area contributed by atoms with Gasteiger partial charge >= 0.3 is 12.3 Å². The zero-order valence-electron chi connectivity index (χ0n) is 13.9. The molecule has 1 aromatic heterocycles. The number of hydrogen-bond donors (Lipinski definition) is 1. The van der Waals surface area contributed by atoms with Gasteiger partial charge in [-0.3, -0.25) is 0 Å². The highest BCUT2D eigenvalue weighted by Gasteiger charge is 2.37. The van der Waals surface area contributed by atoms with E-state index in [0.717, 1.165) is 19.0 Å². The lowest BCUT2D eigenvalue weighted by atomic mass is 10.2. The largest absolute Gasteiger partial charge is 0.444 e. The molecule has 0 radical (unpaired) electrons. The van der Waals surface area contributed by atoms with Crippen molar-refractivity contribution in [3.63, 3.8) is 0 Å². The Morgan fingerprint density at radius 2 is 2.00 bits per heavy atom. The number of carbonyl (C=O) groups excluding carboxylic acids is 1. The molecule has 0 bridgehead atoms. The van der Waals surface area contributed by atoms with E-state index in [-0.39, 0.29) is 12.1 Å². The number of aromatic nitrogens is 2. The number of carbonyl (C=O) groups is 1. The number of nitrogens with zero attached hydrogens (tertiary/aromatic N) is 3. The summed E-state index contributed by atoms with van der Waals surface area (Å²) in [7, 11) is 0. The van der Waals surface area contributed by atoms with E-state index >= 15 is 0 Å². The molecule has 0 spiro atoms. The molecule has 1 aromatic rings. The summed E-state index contributed by atoms with van der Waals surface area (Å²) < 4.78 is 44.7. The number of alkyl halides is 3. The summed E-state index contributed by atoms with van der Waals surface area (Å²) in [4.78, 5) is 20.5. The Morgan fingerprint density at radius 3 is 2.50 bits per heavy atom. The fourth-order valence-electron chi connectivity index (χ4n) is 2.13. The van der Waals surface area contributed by atoms with E-state index in [1.807, 2.05) is 0 Å². The van der Waals surface area contributed by atoms with E-state index in [4.69, 9.17) is 10.5 Å². The molecule has 24 heavy (non-hydrogen) atoms. The van der Waals surface area contributed by atoms with Crippen LogP contribution >= 0.6 is 0 Å². The van der Waals surface area contributed by atoms with Gasteiger partial charge in [-0.25, -0.2) is 14.8 Å². The van der Waals surface area contributed by atoms with Crippen LogP contribution in [0.2, 0.25) is 0 Å². The Bertz CT molecular complexity index is 610. The van der Waals surface area contributed by atoms with Crippen LogP contribution in [0, 0.1) is 5.92 Å². The molecule has 0 aromatic carbocycles. The summed E-state index contributed by atoms with van der Waals surface area (Å²) >= 11 is 0. The average molecular weight is 346 g/mol. The summed E-state index contributed by atoms with van der Waals surface area (Å²) in [5.74, 6) is -0.168. The highest BCUT2D eigenvalue weighted by molar-refractivity contribution is 5.68. The second-order valence-electron chi connectivity index (χ2n) is 6.90. The van der Waals surface area contributed by atoms with Gasteiger partial charge in [-0.15, -0.1) is 0 Å². The van der Waals surface area contributed by atoms with E-state index in [0.29, 0.717) is 12.5 Å². The van der Waals surface area contributed by atoms with E-state index in [2.05, 4.69) is 9.97 Å². The van der Waals surface area contributed by atoms with Crippen LogP contribution in [0.15, 0.2) is 6.20 Å². The Balaban J connectivity index is 2.24. The number of nitrogen functional groups attached to an aromatic ring is 1. The first-order chi connectivity index (χ1) is 11.0. The zero-order chi connectivity index (χ0) is 18.1. The first kappa shape index (κ1) is 18.3. The number of amides is 1. The lowest BCUT2D eigenvalue weighted by Gasteiger charge is -2.28. The van der Waals surface area contributed by atoms with Gasteiger partial charge in [0.25, 0.3) is 0 Å². The van der Waals surface area contributed by atoms with Gasteiger partial charge in [-0.2, -0.15) is 13.2 Å². The summed E-state index contributed by atoms with van der Waals surface area (Å²) in [6, 6.07) is 0. The number of rotatable bonds is 4. The van der Waals surface area contributed by atoms with Crippen LogP contribution in [-0.2, 0) is 17.5 Å². The molecule has 0 aliphatic heterocycles. The monoisotopic (exact) mass is 346 g/mol. The van der Waals surface area contributed by atoms with Crippen molar-refractivity contribution in [3.8, 4) is 0 Å². The molecule has 2 N–H and O–H groups in total. The third-order valence-corrected chi connectivity index (χ3v) is 3.34. The van der Waals surface area contributed by atoms with Crippen molar-refractivity contribution >= 4 is 12.0 Å². The van der Waals surface area contributed by atoms with Crippen molar-refractivity contribution in [1.29, 1.82) is 0 Å². The van der Waals surface area contributed by atoms with Crippen LogP contribution in [0.1, 0.15) is 44.9 Å². The van der Waals surface area contributed by atoms with Crippen LogP contribution < -0.4 is 5.73 Å². The maximum Gasteiger partial charge on any atom is 0.433 e. The van der Waals surface area contributed by atoms with Gasteiger partial charge in [0.05, 0.1) is 6.54 Å². The summed E-state index contributed by atoms with van der Waals surface area (Å²) in [5.41, 5.74) is 3.20. The molecule has 1 fully saturated rings. The van der Waals surface area contributed by atoms with E-state index in [1.165, 1.54) is 4.90 Å². The minimum absolute atomic E-state index is 0.205. The maximum atomic E-state index is 13.1. The molecule has 0 atom stereocenters. The van der Waals surface area contributed by atoms with Gasteiger partial charge < -0.3 is 15.4 Å². The van der Waals surface area contributed by atoms with Gasteiger partial charge in [0, 0.05) is 18.3 Å². The van der Waals surface area contributed by atoms with Crippen molar-refractivity contribution in [2.24, 2.45) is 5.92 Å². The molecular weight excluding hydrogens is 325 g/mol. The molecule has 1 aliphatic rings. The fraction of sp³-hybridized carbons (Fsp3) is 0.667. The molecule has 0 unspecified atom stereocenters. The molecule has 134 valence electrons. The second-order valence-corrected chi connectivity index (χ2v) is 6.90. The highest BCUT2D eigenvalue weighted by atomic mass is 19.4. The van der Waals surface area contributed by atoms with E-state index in [1.54, 1.807) is 20.8 Å². The fourth-order valence-corrected chi connectivity index (χ4v) is 2.13. The number of anilines is 1. The van der Waals surface area contributed by atoms with Gasteiger partial charge in [-0.1, -0.05) is 0 Å². The quantitative estimate of drug-likeness (QED) is 0.905. The maximum absolute atomic E-state index is 13.1. The molecule has 1 heterocycles. The molecule has 2 rings (SSSR count). The molecule has 0 saturated heterocycles. The van der Waals surface area contributed by atoms with E-state index in [9.17, 15) is 18.0 Å². The van der Waals surface area contributed by atoms with Crippen LogP contribution in [0.4, 0.5) is 23.9 Å². The molecule has 6 nitrogen and oxygen atoms in total. The SMILES string of the molecule is CC(C)(C)OC(=O)N(Cc1cnc(N)nc1C(F)(F)F)CC1CC1. The summed E-state index contributed by atoms with van der Waals surface area (Å²) in [6.07, 6.45) is -2.42. The summed E-state index contributed by atoms with van der Waals surface area (Å²) in [6.45, 7) is 5.17. The molecule has 1 saturated carbocycles. The Kier molecular flexibility index (Phi) is 4.91.